The Kier molecular flexibility index (Phi) is 5.81. The smallest absolute Gasteiger partial charge is 0.306 e. The SMILES string of the molecule is Cc1ccc(N2C(=O)C3C4=C(CCCCC4)SC3N(Cc3cccc(Cl)c3)C2=O)cc1C. The maximum atomic E-state index is 13.8. The van der Waals surface area contributed by atoms with Crippen LogP contribution in [-0.4, -0.2) is 22.2 Å². The molecule has 3 aliphatic rings. The van der Waals surface area contributed by atoms with E-state index in [2.05, 4.69) is 0 Å². The molecular weight excluding hydrogens is 440 g/mol. The summed E-state index contributed by atoms with van der Waals surface area (Å²) in [4.78, 5) is 32.3. The van der Waals surface area contributed by atoms with Crippen LogP contribution in [0.3, 0.4) is 0 Å². The molecule has 3 amide bonds. The van der Waals surface area contributed by atoms with E-state index in [0.717, 1.165) is 42.4 Å². The highest BCUT2D eigenvalue weighted by Crippen LogP contribution is 2.52. The van der Waals surface area contributed by atoms with E-state index in [1.807, 2.05) is 61.2 Å². The predicted molar refractivity (Wildman–Crippen MR) is 131 cm³/mol. The average Bonchev–Trinajstić information content (AvgIpc) is 2.96. The Balaban J connectivity index is 1.57. The van der Waals surface area contributed by atoms with E-state index in [4.69, 9.17) is 11.6 Å². The van der Waals surface area contributed by atoms with Gasteiger partial charge in [-0.15, -0.1) is 11.8 Å². The van der Waals surface area contributed by atoms with Gasteiger partial charge in [0.15, 0.2) is 0 Å². The van der Waals surface area contributed by atoms with Crippen molar-refractivity contribution in [2.24, 2.45) is 5.92 Å². The van der Waals surface area contributed by atoms with E-state index < -0.39 is 0 Å². The van der Waals surface area contributed by atoms with Crippen LogP contribution in [0.25, 0.3) is 0 Å². The summed E-state index contributed by atoms with van der Waals surface area (Å²) >= 11 is 7.96. The number of hydrogen-bond acceptors (Lipinski definition) is 3. The molecule has 2 aromatic rings. The lowest BCUT2D eigenvalue weighted by atomic mass is 9.90. The van der Waals surface area contributed by atoms with Crippen LogP contribution >= 0.6 is 23.4 Å². The van der Waals surface area contributed by atoms with Gasteiger partial charge in [0.25, 0.3) is 0 Å². The third-order valence-electron chi connectivity index (χ3n) is 6.85. The van der Waals surface area contributed by atoms with Crippen molar-refractivity contribution in [3.63, 3.8) is 0 Å². The van der Waals surface area contributed by atoms with Gasteiger partial charge in [-0.05, 0) is 91.0 Å². The summed E-state index contributed by atoms with van der Waals surface area (Å²) < 4.78 is 0. The van der Waals surface area contributed by atoms with Gasteiger partial charge in [0.1, 0.15) is 0 Å². The van der Waals surface area contributed by atoms with Crippen molar-refractivity contribution in [3.05, 3.63) is 74.7 Å². The van der Waals surface area contributed by atoms with Crippen LogP contribution in [0.1, 0.15) is 48.8 Å². The standard InChI is InChI=1S/C26H27ClN2O2S/c1-16-11-12-20(13-17(16)2)29-24(30)23-21-9-4-3-5-10-22(21)32-25(23)28(26(29)31)15-18-7-6-8-19(27)14-18/h6-8,11-14,23,25H,3-5,9-10,15H2,1-2H3. The zero-order valence-electron chi connectivity index (χ0n) is 18.4. The monoisotopic (exact) mass is 466 g/mol. The van der Waals surface area contributed by atoms with Gasteiger partial charge in [-0.1, -0.05) is 36.2 Å². The van der Waals surface area contributed by atoms with Gasteiger partial charge in [-0.25, -0.2) is 9.69 Å². The molecule has 0 bridgehead atoms. The van der Waals surface area contributed by atoms with E-state index in [-0.39, 0.29) is 23.2 Å². The number of thioether (sulfide) groups is 1. The van der Waals surface area contributed by atoms with Crippen LogP contribution in [0, 0.1) is 19.8 Å². The summed E-state index contributed by atoms with van der Waals surface area (Å²) in [6, 6.07) is 13.2. The highest BCUT2D eigenvalue weighted by molar-refractivity contribution is 8.04. The molecule has 1 saturated heterocycles. The van der Waals surface area contributed by atoms with Gasteiger partial charge in [0.05, 0.1) is 17.0 Å². The largest absolute Gasteiger partial charge is 0.332 e. The first-order chi connectivity index (χ1) is 15.4. The Labute approximate surface area is 198 Å². The second kappa shape index (κ2) is 8.60. The van der Waals surface area contributed by atoms with E-state index >= 15 is 0 Å². The first kappa shape index (κ1) is 21.6. The number of rotatable bonds is 3. The number of carbonyl (C=O) groups is 2. The van der Waals surface area contributed by atoms with Gasteiger partial charge in [0, 0.05) is 11.6 Å². The van der Waals surface area contributed by atoms with E-state index in [0.29, 0.717) is 17.3 Å². The molecular formula is C26H27ClN2O2S. The molecule has 2 aliphatic heterocycles. The molecule has 0 aromatic heterocycles. The number of urea groups is 1. The maximum absolute atomic E-state index is 13.8. The maximum Gasteiger partial charge on any atom is 0.332 e. The van der Waals surface area contributed by atoms with Crippen LogP contribution in [0.5, 0.6) is 0 Å². The topological polar surface area (TPSA) is 40.6 Å². The number of aryl methyl sites for hydroxylation is 2. The number of halogens is 1. The molecule has 2 atom stereocenters. The number of carbonyl (C=O) groups excluding carboxylic acids is 2. The average molecular weight is 467 g/mol. The zero-order chi connectivity index (χ0) is 22.4. The molecule has 1 aliphatic carbocycles. The number of imide groups is 1. The Morgan fingerprint density at radius 3 is 2.59 bits per heavy atom. The van der Waals surface area contributed by atoms with Gasteiger partial charge in [-0.3, -0.25) is 4.79 Å². The molecule has 32 heavy (non-hydrogen) atoms. The minimum atomic E-state index is -0.272. The minimum absolute atomic E-state index is 0.0787. The summed E-state index contributed by atoms with van der Waals surface area (Å²) in [5.41, 5.74) is 5.11. The Morgan fingerprint density at radius 2 is 1.81 bits per heavy atom. The Hall–Kier alpha value is -2.24. The van der Waals surface area contributed by atoms with Crippen LogP contribution in [-0.2, 0) is 11.3 Å². The van der Waals surface area contributed by atoms with Crippen LogP contribution in [0.2, 0.25) is 5.02 Å². The molecule has 0 N–H and O–H groups in total. The second-order valence-corrected chi connectivity index (χ2v) is 10.6. The van der Waals surface area contributed by atoms with Gasteiger partial charge in [-0.2, -0.15) is 0 Å². The number of fused-ring (bicyclic) bond motifs is 2. The van der Waals surface area contributed by atoms with Gasteiger partial charge >= 0.3 is 6.03 Å². The molecule has 0 radical (unpaired) electrons. The zero-order valence-corrected chi connectivity index (χ0v) is 20.0. The molecule has 2 heterocycles. The van der Waals surface area contributed by atoms with Crippen molar-refractivity contribution in [3.8, 4) is 0 Å². The fourth-order valence-corrected chi connectivity index (χ4v) is 6.86. The van der Waals surface area contributed by atoms with Crippen LogP contribution < -0.4 is 4.90 Å². The lowest BCUT2D eigenvalue weighted by Gasteiger charge is -2.42. The molecule has 2 aromatic carbocycles. The number of hydrogen-bond donors (Lipinski definition) is 0. The quantitative estimate of drug-likeness (QED) is 0.497. The second-order valence-electron chi connectivity index (χ2n) is 8.98. The van der Waals surface area contributed by atoms with Crippen molar-refractivity contribution in [1.29, 1.82) is 0 Å². The van der Waals surface area contributed by atoms with E-state index in [1.165, 1.54) is 21.8 Å². The number of nitrogens with zero attached hydrogens (tertiary/aromatic N) is 2. The molecule has 0 spiro atoms. The normalized spacial score (nSPS) is 23.3. The molecule has 5 rings (SSSR count). The number of benzene rings is 2. The van der Waals surface area contributed by atoms with Crippen molar-refractivity contribution in [2.75, 3.05) is 4.90 Å². The number of allylic oxidation sites excluding steroid dienone is 1. The fourth-order valence-electron chi connectivity index (χ4n) is 5.00. The minimum Gasteiger partial charge on any atom is -0.306 e. The highest BCUT2D eigenvalue weighted by Gasteiger charge is 2.52. The van der Waals surface area contributed by atoms with Crippen molar-refractivity contribution >= 4 is 41.0 Å². The van der Waals surface area contributed by atoms with E-state index in [1.54, 1.807) is 11.8 Å². The lowest BCUT2D eigenvalue weighted by Crippen LogP contribution is -2.60. The molecule has 6 heteroatoms. The van der Waals surface area contributed by atoms with E-state index in [9.17, 15) is 9.59 Å². The summed E-state index contributed by atoms with van der Waals surface area (Å²) in [6.07, 6.45) is 5.44. The molecule has 1 fully saturated rings. The Morgan fingerprint density at radius 1 is 1.00 bits per heavy atom. The Bertz CT molecular complexity index is 1130. The van der Waals surface area contributed by atoms with Crippen LogP contribution in [0.4, 0.5) is 10.5 Å². The van der Waals surface area contributed by atoms with Crippen molar-refractivity contribution < 1.29 is 9.59 Å². The summed E-state index contributed by atoms with van der Waals surface area (Å²) in [7, 11) is 0. The third-order valence-corrected chi connectivity index (χ3v) is 8.61. The van der Waals surface area contributed by atoms with Crippen LogP contribution in [0.15, 0.2) is 52.9 Å². The third kappa shape index (κ3) is 3.75. The fraction of sp³-hybridized carbons (Fsp3) is 0.385. The summed E-state index contributed by atoms with van der Waals surface area (Å²) in [6.45, 7) is 4.49. The van der Waals surface area contributed by atoms with Gasteiger partial charge < -0.3 is 4.90 Å². The summed E-state index contributed by atoms with van der Waals surface area (Å²) in [5, 5.41) is 0.471. The van der Waals surface area contributed by atoms with Crippen molar-refractivity contribution in [1.82, 2.24) is 4.90 Å². The first-order valence-corrected chi connectivity index (χ1v) is 12.5. The first-order valence-electron chi connectivity index (χ1n) is 11.3. The van der Waals surface area contributed by atoms with Gasteiger partial charge in [0.2, 0.25) is 5.91 Å². The number of amides is 3. The number of anilines is 1. The molecule has 2 unspecified atom stereocenters. The molecule has 0 saturated carbocycles. The molecule has 166 valence electrons. The highest BCUT2D eigenvalue weighted by atomic mass is 35.5. The van der Waals surface area contributed by atoms with Crippen molar-refractivity contribution in [2.45, 2.75) is 57.9 Å². The predicted octanol–water partition coefficient (Wildman–Crippen LogP) is 6.83. The molecule has 4 nitrogen and oxygen atoms in total. The lowest BCUT2D eigenvalue weighted by molar-refractivity contribution is -0.122. The summed E-state index contributed by atoms with van der Waals surface area (Å²) in [5.74, 6) is -0.350.